The Morgan fingerprint density at radius 2 is 1.73 bits per heavy atom. The Bertz CT molecular complexity index is 486. The maximum Gasteiger partial charge on any atom is 0.251 e. The third-order valence-corrected chi connectivity index (χ3v) is 5.06. The van der Waals surface area contributed by atoms with Gasteiger partial charge in [-0.1, -0.05) is 12.8 Å². The second kappa shape index (κ2) is 7.14. The lowest BCUT2D eigenvalue weighted by Gasteiger charge is -2.36. The van der Waals surface area contributed by atoms with Gasteiger partial charge in [-0.2, -0.15) is 0 Å². The number of likely N-dealkylation sites (tertiary alicyclic amines) is 1. The number of rotatable bonds is 4. The highest BCUT2D eigenvalue weighted by Crippen LogP contribution is 2.26. The molecule has 1 aromatic carbocycles. The molecule has 1 aliphatic carbocycles. The van der Waals surface area contributed by atoms with Crippen LogP contribution in [0.4, 0.5) is 0 Å². The van der Waals surface area contributed by atoms with Gasteiger partial charge < -0.3 is 15.0 Å². The van der Waals surface area contributed by atoms with Gasteiger partial charge in [-0.25, -0.2) is 0 Å². The predicted molar refractivity (Wildman–Crippen MR) is 87.3 cm³/mol. The molecule has 1 heterocycles. The van der Waals surface area contributed by atoms with Gasteiger partial charge in [-0.05, 0) is 49.9 Å². The van der Waals surface area contributed by atoms with Crippen LogP contribution in [0, 0.1) is 0 Å². The van der Waals surface area contributed by atoms with Crippen molar-refractivity contribution in [3.05, 3.63) is 29.8 Å². The normalized spacial score (nSPS) is 21.0. The van der Waals surface area contributed by atoms with Crippen molar-refractivity contribution in [1.82, 2.24) is 10.2 Å². The monoisotopic (exact) mass is 302 g/mol. The van der Waals surface area contributed by atoms with Crippen LogP contribution >= 0.6 is 0 Å². The lowest BCUT2D eigenvalue weighted by Crippen LogP contribution is -2.47. The van der Waals surface area contributed by atoms with Crippen LogP contribution in [0.2, 0.25) is 0 Å². The molecule has 2 aliphatic rings. The lowest BCUT2D eigenvalue weighted by molar-refractivity contribution is 0.0892. The fourth-order valence-corrected chi connectivity index (χ4v) is 3.69. The minimum Gasteiger partial charge on any atom is -0.497 e. The summed E-state index contributed by atoms with van der Waals surface area (Å²) in [5.41, 5.74) is 0.707. The molecule has 1 N–H and O–H groups in total. The average Bonchev–Trinajstić information content (AvgIpc) is 3.10. The van der Waals surface area contributed by atoms with Crippen molar-refractivity contribution in [3.63, 3.8) is 0 Å². The van der Waals surface area contributed by atoms with E-state index in [4.69, 9.17) is 4.74 Å². The molecule has 1 saturated carbocycles. The second-order valence-electron chi connectivity index (χ2n) is 6.45. The van der Waals surface area contributed by atoms with E-state index in [1.165, 1.54) is 25.7 Å². The summed E-state index contributed by atoms with van der Waals surface area (Å²) in [7, 11) is 1.63. The Morgan fingerprint density at radius 1 is 1.09 bits per heavy atom. The molecule has 0 aromatic heterocycles. The van der Waals surface area contributed by atoms with Gasteiger partial charge in [0.05, 0.1) is 7.11 Å². The van der Waals surface area contributed by atoms with Gasteiger partial charge in [0.15, 0.2) is 0 Å². The molecule has 0 spiro atoms. The number of carbonyl (C=O) groups is 1. The van der Waals surface area contributed by atoms with E-state index in [1.54, 1.807) is 7.11 Å². The van der Waals surface area contributed by atoms with Crippen molar-refractivity contribution in [1.29, 1.82) is 0 Å². The minimum absolute atomic E-state index is 0.0296. The highest BCUT2D eigenvalue weighted by molar-refractivity contribution is 5.94. The van der Waals surface area contributed by atoms with Crippen molar-refractivity contribution < 1.29 is 9.53 Å². The first-order valence-electron chi connectivity index (χ1n) is 8.45. The van der Waals surface area contributed by atoms with E-state index >= 15 is 0 Å². The molecule has 22 heavy (non-hydrogen) atoms. The Morgan fingerprint density at radius 3 is 2.32 bits per heavy atom. The van der Waals surface area contributed by atoms with Crippen molar-refractivity contribution in [2.24, 2.45) is 0 Å². The van der Waals surface area contributed by atoms with Gasteiger partial charge in [0.25, 0.3) is 5.91 Å². The first kappa shape index (κ1) is 15.3. The number of amides is 1. The van der Waals surface area contributed by atoms with Gasteiger partial charge in [-0.15, -0.1) is 0 Å². The molecular weight excluding hydrogens is 276 g/mol. The Hall–Kier alpha value is -1.55. The number of benzene rings is 1. The summed E-state index contributed by atoms with van der Waals surface area (Å²) < 4.78 is 5.12. The zero-order valence-electron chi connectivity index (χ0n) is 13.4. The Balaban J connectivity index is 1.48. The molecule has 0 unspecified atom stereocenters. The molecule has 4 heteroatoms. The number of ether oxygens (including phenoxy) is 1. The van der Waals surface area contributed by atoms with Crippen LogP contribution in [0.5, 0.6) is 5.75 Å². The molecule has 1 aliphatic heterocycles. The predicted octanol–water partition coefficient (Wildman–Crippen LogP) is 2.83. The molecule has 1 saturated heterocycles. The summed E-state index contributed by atoms with van der Waals surface area (Å²) >= 11 is 0. The fourth-order valence-electron chi connectivity index (χ4n) is 3.69. The van der Waals surface area contributed by atoms with Crippen molar-refractivity contribution in [2.75, 3.05) is 20.2 Å². The zero-order chi connectivity index (χ0) is 15.4. The molecule has 0 bridgehead atoms. The van der Waals surface area contributed by atoms with Crippen LogP contribution in [0.25, 0.3) is 0 Å². The molecule has 4 nitrogen and oxygen atoms in total. The number of carbonyl (C=O) groups excluding carboxylic acids is 1. The number of piperidine rings is 1. The molecule has 3 rings (SSSR count). The van der Waals surface area contributed by atoms with Crippen LogP contribution in [-0.2, 0) is 0 Å². The standard InChI is InChI=1S/C18H26N2O2/c1-22-17-8-6-14(7-9-17)18(21)19-15-10-12-20(13-11-15)16-4-2-3-5-16/h6-9,15-16H,2-5,10-13H2,1H3,(H,19,21). The van der Waals surface area contributed by atoms with Crippen LogP contribution in [0.3, 0.4) is 0 Å². The SMILES string of the molecule is COc1ccc(C(=O)NC2CCN(C3CCCC3)CC2)cc1. The fraction of sp³-hybridized carbons (Fsp3) is 0.611. The van der Waals surface area contributed by atoms with Crippen molar-refractivity contribution >= 4 is 5.91 Å². The van der Waals surface area contributed by atoms with Gasteiger partial charge in [-0.3, -0.25) is 4.79 Å². The summed E-state index contributed by atoms with van der Waals surface area (Å²) in [6, 6.07) is 8.42. The molecule has 2 fully saturated rings. The maximum absolute atomic E-state index is 12.3. The number of hydrogen-bond acceptors (Lipinski definition) is 3. The van der Waals surface area contributed by atoms with Gasteiger partial charge in [0, 0.05) is 30.7 Å². The van der Waals surface area contributed by atoms with Crippen LogP contribution < -0.4 is 10.1 Å². The van der Waals surface area contributed by atoms with E-state index in [0.29, 0.717) is 11.6 Å². The van der Waals surface area contributed by atoms with Crippen LogP contribution in [0.1, 0.15) is 48.9 Å². The van der Waals surface area contributed by atoms with E-state index in [2.05, 4.69) is 10.2 Å². The topological polar surface area (TPSA) is 41.6 Å². The number of nitrogens with zero attached hydrogens (tertiary/aromatic N) is 1. The second-order valence-corrected chi connectivity index (χ2v) is 6.45. The van der Waals surface area contributed by atoms with Crippen LogP contribution in [0.15, 0.2) is 24.3 Å². The minimum atomic E-state index is 0.0296. The summed E-state index contributed by atoms with van der Waals surface area (Å²) in [6.45, 7) is 2.25. The number of nitrogens with one attached hydrogen (secondary N) is 1. The van der Waals surface area contributed by atoms with Gasteiger partial charge in [0.2, 0.25) is 0 Å². The first-order chi connectivity index (χ1) is 10.8. The molecule has 0 atom stereocenters. The van der Waals surface area contributed by atoms with Crippen LogP contribution in [-0.4, -0.2) is 43.1 Å². The molecule has 0 radical (unpaired) electrons. The third kappa shape index (κ3) is 3.61. The highest BCUT2D eigenvalue weighted by Gasteiger charge is 2.27. The summed E-state index contributed by atoms with van der Waals surface area (Å²) in [5.74, 6) is 0.809. The molecular formula is C18H26N2O2. The molecule has 1 aromatic rings. The number of hydrogen-bond donors (Lipinski definition) is 1. The summed E-state index contributed by atoms with van der Waals surface area (Å²) in [4.78, 5) is 14.9. The highest BCUT2D eigenvalue weighted by atomic mass is 16.5. The molecule has 1 amide bonds. The summed E-state index contributed by atoms with van der Waals surface area (Å²) in [6.07, 6.45) is 7.64. The maximum atomic E-state index is 12.3. The first-order valence-corrected chi connectivity index (χ1v) is 8.45. The largest absolute Gasteiger partial charge is 0.497 e. The Kier molecular flexibility index (Phi) is 4.98. The average molecular weight is 302 g/mol. The zero-order valence-corrected chi connectivity index (χ0v) is 13.4. The number of methoxy groups -OCH3 is 1. The van der Waals surface area contributed by atoms with Crippen molar-refractivity contribution in [3.8, 4) is 5.75 Å². The van der Waals surface area contributed by atoms with E-state index in [0.717, 1.165) is 37.7 Å². The lowest BCUT2D eigenvalue weighted by atomic mass is 10.0. The van der Waals surface area contributed by atoms with E-state index in [1.807, 2.05) is 24.3 Å². The van der Waals surface area contributed by atoms with E-state index in [9.17, 15) is 4.79 Å². The quantitative estimate of drug-likeness (QED) is 0.930. The van der Waals surface area contributed by atoms with Gasteiger partial charge in [0.1, 0.15) is 5.75 Å². The van der Waals surface area contributed by atoms with Crippen molar-refractivity contribution in [2.45, 2.75) is 50.6 Å². The smallest absolute Gasteiger partial charge is 0.251 e. The third-order valence-electron chi connectivity index (χ3n) is 5.06. The van der Waals surface area contributed by atoms with Gasteiger partial charge >= 0.3 is 0 Å². The van der Waals surface area contributed by atoms with E-state index < -0.39 is 0 Å². The molecule has 120 valence electrons. The van der Waals surface area contributed by atoms with E-state index in [-0.39, 0.29) is 5.91 Å². The Labute approximate surface area is 132 Å². The summed E-state index contributed by atoms with van der Waals surface area (Å²) in [5, 5.41) is 3.18.